The lowest BCUT2D eigenvalue weighted by atomic mass is 10.0. The summed E-state index contributed by atoms with van der Waals surface area (Å²) in [5.74, 6) is 3.00. The monoisotopic (exact) mass is 168 g/mol. The highest BCUT2D eigenvalue weighted by Gasteiger charge is 2.36. The Balaban J connectivity index is 1.82. The van der Waals surface area contributed by atoms with Gasteiger partial charge in [0.15, 0.2) is 0 Å². The topological polar surface area (TPSA) is 15.3 Å². The van der Waals surface area contributed by atoms with Gasteiger partial charge >= 0.3 is 0 Å². The van der Waals surface area contributed by atoms with Crippen LogP contribution < -0.4 is 5.32 Å². The molecule has 0 spiro atoms. The Kier molecular flexibility index (Phi) is 2.37. The van der Waals surface area contributed by atoms with Crippen molar-refractivity contribution < 1.29 is 0 Å². The van der Waals surface area contributed by atoms with E-state index in [0.29, 0.717) is 0 Å². The molecule has 2 fully saturated rings. The van der Waals surface area contributed by atoms with Crippen LogP contribution in [0.3, 0.4) is 0 Å². The molecule has 0 aromatic rings. The molecule has 1 saturated heterocycles. The fraction of sp³-hybridized carbons (Fsp3) is 1.00. The molecule has 12 heavy (non-hydrogen) atoms. The number of fused-ring (bicyclic) bond motifs is 1. The van der Waals surface area contributed by atoms with E-state index in [1.807, 2.05) is 0 Å². The van der Waals surface area contributed by atoms with Crippen molar-refractivity contribution in [3.63, 3.8) is 0 Å². The average Bonchev–Trinajstić information content (AvgIpc) is 2.43. The highest BCUT2D eigenvalue weighted by atomic mass is 15.1. The lowest BCUT2D eigenvalue weighted by Gasteiger charge is -2.16. The predicted octanol–water partition coefficient (Wildman–Crippen LogP) is 0.794. The Hall–Kier alpha value is -0.0800. The Morgan fingerprint density at radius 3 is 2.25 bits per heavy atom. The maximum Gasteiger partial charge on any atom is 0.000378 e. The van der Waals surface area contributed by atoms with Crippen molar-refractivity contribution in [3.05, 3.63) is 0 Å². The fourth-order valence-electron chi connectivity index (χ4n) is 2.96. The maximum atomic E-state index is 3.48. The van der Waals surface area contributed by atoms with E-state index in [2.05, 4.69) is 24.3 Å². The minimum atomic E-state index is 0.983. The van der Waals surface area contributed by atoms with Crippen molar-refractivity contribution in [1.82, 2.24) is 10.2 Å². The second kappa shape index (κ2) is 3.35. The largest absolute Gasteiger partial charge is 0.316 e. The van der Waals surface area contributed by atoms with E-state index in [9.17, 15) is 0 Å². The highest BCUT2D eigenvalue weighted by Crippen LogP contribution is 2.38. The summed E-state index contributed by atoms with van der Waals surface area (Å²) in [6, 6.07) is 0. The SMILES string of the molecule is CN(C)CC1C[C@H]2CNC[C@@H]2C1. The first-order valence-electron chi connectivity index (χ1n) is 5.11. The Bertz CT molecular complexity index is 144. The molecule has 70 valence electrons. The zero-order valence-corrected chi connectivity index (χ0v) is 8.21. The van der Waals surface area contributed by atoms with E-state index >= 15 is 0 Å². The molecule has 0 amide bonds. The molecule has 0 aromatic carbocycles. The van der Waals surface area contributed by atoms with Crippen molar-refractivity contribution in [2.45, 2.75) is 12.8 Å². The smallest absolute Gasteiger partial charge is 0.000378 e. The van der Waals surface area contributed by atoms with Crippen molar-refractivity contribution in [1.29, 1.82) is 0 Å². The van der Waals surface area contributed by atoms with Crippen molar-refractivity contribution >= 4 is 0 Å². The second-order valence-corrected chi connectivity index (χ2v) is 4.78. The van der Waals surface area contributed by atoms with E-state index in [1.165, 1.54) is 32.5 Å². The molecule has 0 radical (unpaired) electrons. The number of nitrogens with one attached hydrogen (secondary N) is 1. The van der Waals surface area contributed by atoms with Crippen molar-refractivity contribution in [2.24, 2.45) is 17.8 Å². The summed E-state index contributed by atoms with van der Waals surface area (Å²) in [5, 5.41) is 3.48. The zero-order valence-electron chi connectivity index (χ0n) is 8.21. The van der Waals surface area contributed by atoms with Crippen LogP contribution in [0, 0.1) is 17.8 Å². The molecule has 2 rings (SSSR count). The van der Waals surface area contributed by atoms with Gasteiger partial charge in [-0.25, -0.2) is 0 Å². The minimum Gasteiger partial charge on any atom is -0.316 e. The Labute approximate surface area is 75.3 Å². The highest BCUT2D eigenvalue weighted by molar-refractivity contribution is 4.90. The Morgan fingerprint density at radius 2 is 1.75 bits per heavy atom. The van der Waals surface area contributed by atoms with Gasteiger partial charge in [0.25, 0.3) is 0 Å². The molecule has 1 aliphatic carbocycles. The van der Waals surface area contributed by atoms with Gasteiger partial charge < -0.3 is 10.2 Å². The van der Waals surface area contributed by atoms with Crippen LogP contribution in [-0.4, -0.2) is 38.6 Å². The minimum absolute atomic E-state index is 0.983. The normalized spacial score (nSPS) is 36.2. The molecule has 2 nitrogen and oxygen atoms in total. The molecule has 2 heteroatoms. The summed E-state index contributed by atoms with van der Waals surface area (Å²) >= 11 is 0. The van der Waals surface area contributed by atoms with Gasteiger partial charge in [0, 0.05) is 6.54 Å². The number of hydrogen-bond donors (Lipinski definition) is 1. The maximum absolute atomic E-state index is 3.48. The van der Waals surface area contributed by atoms with E-state index in [4.69, 9.17) is 0 Å². The Morgan fingerprint density at radius 1 is 1.17 bits per heavy atom. The average molecular weight is 168 g/mol. The lowest BCUT2D eigenvalue weighted by molar-refractivity contribution is 0.317. The number of hydrogen-bond acceptors (Lipinski definition) is 2. The van der Waals surface area contributed by atoms with Crippen LogP contribution >= 0.6 is 0 Å². The first-order chi connectivity index (χ1) is 5.75. The number of nitrogens with zero attached hydrogens (tertiary/aromatic N) is 1. The van der Waals surface area contributed by atoms with Gasteiger partial charge in [-0.3, -0.25) is 0 Å². The summed E-state index contributed by atoms with van der Waals surface area (Å²) in [6.07, 6.45) is 2.94. The first-order valence-corrected chi connectivity index (χ1v) is 5.11. The standard InChI is InChI=1S/C10H20N2/c1-12(2)7-8-3-9-5-11-6-10(9)4-8/h8-11H,3-7H2,1-2H3/t9-,10-/m0/s1. The van der Waals surface area contributed by atoms with Crippen LogP contribution in [0.15, 0.2) is 0 Å². The zero-order chi connectivity index (χ0) is 8.55. The third-order valence-electron chi connectivity index (χ3n) is 3.38. The van der Waals surface area contributed by atoms with Crippen molar-refractivity contribution in [2.75, 3.05) is 33.7 Å². The third kappa shape index (κ3) is 1.64. The second-order valence-electron chi connectivity index (χ2n) is 4.78. The summed E-state index contributed by atoms with van der Waals surface area (Å²) < 4.78 is 0. The molecule has 1 N–H and O–H groups in total. The van der Waals surface area contributed by atoms with Gasteiger partial charge in [-0.1, -0.05) is 0 Å². The van der Waals surface area contributed by atoms with Gasteiger partial charge in [-0.15, -0.1) is 0 Å². The molecule has 0 unspecified atom stereocenters. The van der Waals surface area contributed by atoms with Gasteiger partial charge in [-0.05, 0) is 57.8 Å². The number of rotatable bonds is 2. The van der Waals surface area contributed by atoms with E-state index in [1.54, 1.807) is 0 Å². The molecule has 1 aliphatic heterocycles. The van der Waals surface area contributed by atoms with E-state index in [0.717, 1.165) is 17.8 Å². The van der Waals surface area contributed by atoms with Gasteiger partial charge in [0.05, 0.1) is 0 Å². The molecule has 1 heterocycles. The fourth-order valence-corrected chi connectivity index (χ4v) is 2.96. The molecular formula is C10H20N2. The molecular weight excluding hydrogens is 148 g/mol. The van der Waals surface area contributed by atoms with Crippen LogP contribution in [0.2, 0.25) is 0 Å². The summed E-state index contributed by atoms with van der Waals surface area (Å²) in [7, 11) is 4.37. The van der Waals surface area contributed by atoms with Crippen LogP contribution in [0.1, 0.15) is 12.8 Å². The predicted molar refractivity (Wildman–Crippen MR) is 51.1 cm³/mol. The molecule has 0 bridgehead atoms. The summed E-state index contributed by atoms with van der Waals surface area (Å²) in [5.41, 5.74) is 0. The third-order valence-corrected chi connectivity index (χ3v) is 3.38. The van der Waals surface area contributed by atoms with Gasteiger partial charge in [0.1, 0.15) is 0 Å². The summed E-state index contributed by atoms with van der Waals surface area (Å²) in [6.45, 7) is 3.87. The van der Waals surface area contributed by atoms with E-state index in [-0.39, 0.29) is 0 Å². The van der Waals surface area contributed by atoms with Crippen LogP contribution in [0.4, 0.5) is 0 Å². The van der Waals surface area contributed by atoms with Crippen molar-refractivity contribution in [3.8, 4) is 0 Å². The molecule has 0 aromatic heterocycles. The summed E-state index contributed by atoms with van der Waals surface area (Å²) in [4.78, 5) is 2.33. The molecule has 2 aliphatic rings. The van der Waals surface area contributed by atoms with E-state index < -0.39 is 0 Å². The van der Waals surface area contributed by atoms with Gasteiger partial charge in [0.2, 0.25) is 0 Å². The molecule has 2 atom stereocenters. The van der Waals surface area contributed by atoms with Crippen LogP contribution in [0.5, 0.6) is 0 Å². The molecule has 1 saturated carbocycles. The first kappa shape index (κ1) is 8.52. The van der Waals surface area contributed by atoms with Gasteiger partial charge in [-0.2, -0.15) is 0 Å². The quantitative estimate of drug-likeness (QED) is 0.656. The lowest BCUT2D eigenvalue weighted by Crippen LogP contribution is -2.22. The van der Waals surface area contributed by atoms with Crippen LogP contribution in [0.25, 0.3) is 0 Å². The van der Waals surface area contributed by atoms with Crippen LogP contribution in [-0.2, 0) is 0 Å².